The predicted molar refractivity (Wildman–Crippen MR) is 101 cm³/mol. The van der Waals surface area contributed by atoms with Crippen molar-refractivity contribution in [1.29, 1.82) is 0 Å². The van der Waals surface area contributed by atoms with Crippen LogP contribution in [-0.2, 0) is 9.47 Å². The van der Waals surface area contributed by atoms with Gasteiger partial charge in [0.05, 0.1) is 6.61 Å². The van der Waals surface area contributed by atoms with E-state index in [-0.39, 0.29) is 11.8 Å². The van der Waals surface area contributed by atoms with Crippen molar-refractivity contribution in [2.45, 2.75) is 39.7 Å². The standard InChI is InChI=1S/C20H25NO6/c1-5-25-18(23)21-12-10-15(11-13-21)14-6-8-16(22)17(9-7-14)26-19(24)27-20(2,3)4/h6-10H,5,11-13H2,1-4H3. The minimum Gasteiger partial charge on any atom is -0.450 e. The lowest BCUT2D eigenvalue weighted by atomic mass is 10.0. The Labute approximate surface area is 158 Å². The van der Waals surface area contributed by atoms with E-state index in [0.717, 1.165) is 11.1 Å². The van der Waals surface area contributed by atoms with Crippen molar-refractivity contribution in [3.05, 3.63) is 46.1 Å². The summed E-state index contributed by atoms with van der Waals surface area (Å²) >= 11 is 0. The second kappa shape index (κ2) is 8.70. The van der Waals surface area contributed by atoms with Gasteiger partial charge in [-0.3, -0.25) is 4.79 Å². The van der Waals surface area contributed by atoms with Gasteiger partial charge in [0.1, 0.15) is 5.60 Å². The molecule has 1 aromatic carbocycles. The summed E-state index contributed by atoms with van der Waals surface area (Å²) in [5.74, 6) is -0.0972. The number of ether oxygens (including phenoxy) is 3. The van der Waals surface area contributed by atoms with Crippen LogP contribution in [-0.4, -0.2) is 42.4 Å². The molecule has 1 amide bonds. The number of carbonyl (C=O) groups is 2. The van der Waals surface area contributed by atoms with Crippen LogP contribution in [0, 0.1) is 0 Å². The van der Waals surface area contributed by atoms with E-state index in [2.05, 4.69) is 0 Å². The van der Waals surface area contributed by atoms with Gasteiger partial charge in [0.2, 0.25) is 5.43 Å². The molecule has 7 heteroatoms. The van der Waals surface area contributed by atoms with E-state index in [1.54, 1.807) is 44.7 Å². The molecule has 0 saturated heterocycles. The molecule has 7 nitrogen and oxygen atoms in total. The summed E-state index contributed by atoms with van der Waals surface area (Å²) in [6.07, 6.45) is 1.31. The van der Waals surface area contributed by atoms with Gasteiger partial charge < -0.3 is 19.1 Å². The third kappa shape index (κ3) is 6.13. The predicted octanol–water partition coefficient (Wildman–Crippen LogP) is 3.61. The third-order valence-electron chi connectivity index (χ3n) is 3.76. The van der Waals surface area contributed by atoms with Gasteiger partial charge in [-0.2, -0.15) is 0 Å². The van der Waals surface area contributed by atoms with Crippen LogP contribution in [0.4, 0.5) is 9.59 Å². The highest BCUT2D eigenvalue weighted by atomic mass is 16.7. The summed E-state index contributed by atoms with van der Waals surface area (Å²) in [6.45, 7) is 8.23. The van der Waals surface area contributed by atoms with Gasteiger partial charge in [-0.15, -0.1) is 0 Å². The van der Waals surface area contributed by atoms with Gasteiger partial charge in [-0.1, -0.05) is 18.2 Å². The highest BCUT2D eigenvalue weighted by Gasteiger charge is 2.20. The summed E-state index contributed by atoms with van der Waals surface area (Å²) in [5.41, 5.74) is 0.709. The Morgan fingerprint density at radius 1 is 1.15 bits per heavy atom. The molecule has 0 unspecified atom stereocenters. The largest absolute Gasteiger partial charge is 0.514 e. The first kappa shape index (κ1) is 20.5. The molecule has 1 aliphatic heterocycles. The first-order valence-corrected chi connectivity index (χ1v) is 8.86. The van der Waals surface area contributed by atoms with E-state index in [4.69, 9.17) is 14.2 Å². The fraction of sp³-hybridized carbons (Fsp3) is 0.450. The Balaban J connectivity index is 2.12. The van der Waals surface area contributed by atoms with Crippen LogP contribution in [0.25, 0.3) is 5.57 Å². The maximum atomic E-state index is 12.1. The summed E-state index contributed by atoms with van der Waals surface area (Å²) in [4.78, 5) is 37.3. The molecule has 0 N–H and O–H groups in total. The first-order valence-electron chi connectivity index (χ1n) is 8.86. The lowest BCUT2D eigenvalue weighted by Crippen LogP contribution is -2.35. The SMILES string of the molecule is CCOC(=O)N1CC=C(c2ccc(OC(=O)OC(C)(C)C)c(=O)cc2)CC1. The highest BCUT2D eigenvalue weighted by Crippen LogP contribution is 2.22. The van der Waals surface area contributed by atoms with Crippen molar-refractivity contribution in [3.63, 3.8) is 0 Å². The van der Waals surface area contributed by atoms with Crippen LogP contribution in [0.1, 0.15) is 39.7 Å². The number of amides is 1. The van der Waals surface area contributed by atoms with Crippen LogP contribution < -0.4 is 10.2 Å². The van der Waals surface area contributed by atoms with Gasteiger partial charge >= 0.3 is 12.2 Å². The van der Waals surface area contributed by atoms with Gasteiger partial charge in [-0.05, 0) is 57.4 Å². The second-order valence-electron chi connectivity index (χ2n) is 7.04. The summed E-state index contributed by atoms with van der Waals surface area (Å²) in [7, 11) is 0. The number of nitrogens with zero attached hydrogens (tertiary/aromatic N) is 1. The molecule has 0 saturated carbocycles. The Hall–Kier alpha value is -2.83. The molecule has 0 radical (unpaired) electrons. The molecule has 0 spiro atoms. The second-order valence-corrected chi connectivity index (χ2v) is 7.04. The molecule has 0 aromatic heterocycles. The van der Waals surface area contributed by atoms with Crippen LogP contribution in [0.3, 0.4) is 0 Å². The van der Waals surface area contributed by atoms with E-state index < -0.39 is 17.2 Å². The zero-order valence-corrected chi connectivity index (χ0v) is 16.1. The van der Waals surface area contributed by atoms with E-state index in [1.165, 1.54) is 12.1 Å². The molecular weight excluding hydrogens is 350 g/mol. The molecule has 27 heavy (non-hydrogen) atoms. The summed E-state index contributed by atoms with van der Waals surface area (Å²) in [6, 6.07) is 6.21. The van der Waals surface area contributed by atoms with Crippen molar-refractivity contribution in [2.24, 2.45) is 0 Å². The van der Waals surface area contributed by atoms with Gasteiger partial charge in [0.25, 0.3) is 0 Å². The molecule has 0 bridgehead atoms. The van der Waals surface area contributed by atoms with Crippen LogP contribution in [0.5, 0.6) is 5.75 Å². The molecule has 146 valence electrons. The van der Waals surface area contributed by atoms with E-state index >= 15 is 0 Å². The molecule has 1 heterocycles. The van der Waals surface area contributed by atoms with E-state index in [1.807, 2.05) is 6.08 Å². The minimum atomic E-state index is -0.922. The molecule has 0 atom stereocenters. The van der Waals surface area contributed by atoms with E-state index in [0.29, 0.717) is 26.1 Å². The smallest absolute Gasteiger partial charge is 0.450 e. The average molecular weight is 375 g/mol. The monoisotopic (exact) mass is 375 g/mol. The molecule has 2 rings (SSSR count). The normalized spacial score (nSPS) is 14.2. The third-order valence-corrected chi connectivity index (χ3v) is 3.76. The van der Waals surface area contributed by atoms with E-state index in [9.17, 15) is 14.4 Å². The molecule has 1 aliphatic rings. The maximum absolute atomic E-state index is 12.1. The zero-order chi connectivity index (χ0) is 20.0. The fourth-order valence-electron chi connectivity index (χ4n) is 2.52. The molecule has 0 aliphatic carbocycles. The van der Waals surface area contributed by atoms with Gasteiger partial charge in [0.15, 0.2) is 5.75 Å². The topological polar surface area (TPSA) is 82.1 Å². The number of hydrogen-bond acceptors (Lipinski definition) is 6. The number of rotatable bonds is 3. The number of carbonyl (C=O) groups excluding carboxylic acids is 2. The molecule has 1 aromatic rings. The van der Waals surface area contributed by atoms with Crippen LogP contribution in [0.15, 0.2) is 35.1 Å². The maximum Gasteiger partial charge on any atom is 0.514 e. The van der Waals surface area contributed by atoms with Crippen molar-refractivity contribution in [2.75, 3.05) is 19.7 Å². The zero-order valence-electron chi connectivity index (χ0n) is 16.1. The number of hydrogen-bond donors (Lipinski definition) is 0. The summed E-state index contributed by atoms with van der Waals surface area (Å²) in [5, 5.41) is 0. The van der Waals surface area contributed by atoms with Crippen molar-refractivity contribution < 1.29 is 23.8 Å². The molecule has 0 fully saturated rings. The summed E-state index contributed by atoms with van der Waals surface area (Å²) < 4.78 is 15.1. The Morgan fingerprint density at radius 3 is 2.44 bits per heavy atom. The quantitative estimate of drug-likeness (QED) is 0.751. The minimum absolute atomic E-state index is 0.0972. The average Bonchev–Trinajstić information content (AvgIpc) is 2.76. The Morgan fingerprint density at radius 2 is 1.85 bits per heavy atom. The Bertz CT molecular complexity index is 794. The van der Waals surface area contributed by atoms with Crippen LogP contribution >= 0.6 is 0 Å². The highest BCUT2D eigenvalue weighted by molar-refractivity contribution is 5.72. The fourth-order valence-corrected chi connectivity index (χ4v) is 2.52. The lowest BCUT2D eigenvalue weighted by Gasteiger charge is -2.25. The Kier molecular flexibility index (Phi) is 6.60. The van der Waals surface area contributed by atoms with Gasteiger partial charge in [0, 0.05) is 13.1 Å². The van der Waals surface area contributed by atoms with Crippen molar-refractivity contribution >= 4 is 17.8 Å². The van der Waals surface area contributed by atoms with Gasteiger partial charge in [-0.25, -0.2) is 9.59 Å². The lowest BCUT2D eigenvalue weighted by molar-refractivity contribution is 0.0204. The molecular formula is C20H25NO6. The van der Waals surface area contributed by atoms with Crippen molar-refractivity contribution in [1.82, 2.24) is 4.90 Å². The first-order chi connectivity index (χ1) is 12.7. The van der Waals surface area contributed by atoms with Crippen LogP contribution in [0.2, 0.25) is 0 Å². The van der Waals surface area contributed by atoms with Crippen molar-refractivity contribution in [3.8, 4) is 5.75 Å².